The summed E-state index contributed by atoms with van der Waals surface area (Å²) in [6, 6.07) is 0. The predicted molar refractivity (Wildman–Crippen MR) is 48.2 cm³/mol. The maximum absolute atomic E-state index is 9.22. The van der Waals surface area contributed by atoms with Gasteiger partial charge >= 0.3 is 0 Å². The molecule has 0 aromatic heterocycles. The molecule has 72 valence electrons. The zero-order valence-corrected chi connectivity index (χ0v) is 7.83. The Morgan fingerprint density at radius 2 is 2.33 bits per heavy atom. The van der Waals surface area contributed by atoms with Gasteiger partial charge in [-0.3, -0.25) is 4.90 Å². The summed E-state index contributed by atoms with van der Waals surface area (Å²) in [6.07, 6.45) is 1.91. The van der Waals surface area contributed by atoms with Crippen LogP contribution in [0, 0.1) is 0 Å². The van der Waals surface area contributed by atoms with E-state index in [-0.39, 0.29) is 6.10 Å². The minimum atomic E-state index is -0.101. The van der Waals surface area contributed by atoms with Crippen LogP contribution in [0.5, 0.6) is 0 Å². The fourth-order valence-corrected chi connectivity index (χ4v) is 1.46. The van der Waals surface area contributed by atoms with E-state index in [2.05, 4.69) is 11.8 Å². The second-order valence-electron chi connectivity index (χ2n) is 3.36. The van der Waals surface area contributed by atoms with Gasteiger partial charge in [0.2, 0.25) is 0 Å². The van der Waals surface area contributed by atoms with Gasteiger partial charge in [0.15, 0.2) is 0 Å². The third-order valence-corrected chi connectivity index (χ3v) is 2.15. The largest absolute Gasteiger partial charge is 0.392 e. The van der Waals surface area contributed by atoms with Crippen molar-refractivity contribution in [2.24, 2.45) is 0 Å². The Morgan fingerprint density at radius 3 is 2.92 bits per heavy atom. The zero-order valence-electron chi connectivity index (χ0n) is 7.83. The van der Waals surface area contributed by atoms with E-state index in [1.807, 2.05) is 0 Å². The van der Waals surface area contributed by atoms with Crippen molar-refractivity contribution in [2.45, 2.75) is 25.9 Å². The van der Waals surface area contributed by atoms with Gasteiger partial charge in [0.05, 0.1) is 12.7 Å². The molecule has 1 fully saturated rings. The van der Waals surface area contributed by atoms with Gasteiger partial charge in [-0.2, -0.15) is 0 Å². The van der Waals surface area contributed by atoms with E-state index in [1.54, 1.807) is 0 Å². The van der Waals surface area contributed by atoms with Gasteiger partial charge < -0.3 is 9.84 Å². The standard InChI is InChI=1S/C9H19NO2/c1-2-6-12-7-5-10-4-3-9(11)8-10/h9,11H,2-8H2,1H3/t9-/m1/s1. The van der Waals surface area contributed by atoms with E-state index < -0.39 is 0 Å². The first kappa shape index (κ1) is 9.96. The molecule has 1 saturated heterocycles. The Balaban J connectivity index is 1.93. The van der Waals surface area contributed by atoms with Crippen molar-refractivity contribution in [3.63, 3.8) is 0 Å². The quantitative estimate of drug-likeness (QED) is 0.614. The smallest absolute Gasteiger partial charge is 0.0679 e. The Kier molecular flexibility index (Phi) is 4.58. The first-order chi connectivity index (χ1) is 5.83. The number of ether oxygens (including phenoxy) is 1. The second kappa shape index (κ2) is 5.51. The van der Waals surface area contributed by atoms with Gasteiger partial charge in [0.25, 0.3) is 0 Å². The maximum Gasteiger partial charge on any atom is 0.0679 e. The van der Waals surface area contributed by atoms with Crippen molar-refractivity contribution >= 4 is 0 Å². The molecule has 0 unspecified atom stereocenters. The lowest BCUT2D eigenvalue weighted by Crippen LogP contribution is -2.26. The summed E-state index contributed by atoms with van der Waals surface area (Å²) in [4.78, 5) is 2.25. The molecule has 1 aliphatic heterocycles. The highest BCUT2D eigenvalue weighted by Crippen LogP contribution is 2.07. The SMILES string of the molecule is CCCOCCN1CC[C@@H](O)C1. The topological polar surface area (TPSA) is 32.7 Å². The first-order valence-corrected chi connectivity index (χ1v) is 4.81. The van der Waals surface area contributed by atoms with E-state index in [0.29, 0.717) is 0 Å². The summed E-state index contributed by atoms with van der Waals surface area (Å²) in [5.41, 5.74) is 0. The van der Waals surface area contributed by atoms with Crippen LogP contribution >= 0.6 is 0 Å². The summed E-state index contributed by atoms with van der Waals surface area (Å²) in [7, 11) is 0. The van der Waals surface area contributed by atoms with Crippen molar-refractivity contribution in [1.82, 2.24) is 4.90 Å². The summed E-state index contributed by atoms with van der Waals surface area (Å²) in [6.45, 7) is 6.60. The molecule has 1 rings (SSSR count). The molecule has 0 saturated carbocycles. The number of hydrogen-bond donors (Lipinski definition) is 1. The molecular weight excluding hydrogens is 154 g/mol. The lowest BCUT2D eigenvalue weighted by Gasteiger charge is -2.14. The van der Waals surface area contributed by atoms with Crippen LogP contribution in [0.3, 0.4) is 0 Å². The van der Waals surface area contributed by atoms with Crippen molar-refractivity contribution in [3.8, 4) is 0 Å². The summed E-state index contributed by atoms with van der Waals surface area (Å²) >= 11 is 0. The van der Waals surface area contributed by atoms with E-state index >= 15 is 0 Å². The number of aliphatic hydroxyl groups is 1. The lowest BCUT2D eigenvalue weighted by atomic mass is 10.3. The molecule has 0 radical (unpaired) electrons. The predicted octanol–water partition coefficient (Wildman–Crippen LogP) is 0.480. The lowest BCUT2D eigenvalue weighted by molar-refractivity contribution is 0.105. The first-order valence-electron chi connectivity index (χ1n) is 4.81. The van der Waals surface area contributed by atoms with Gasteiger partial charge in [0.1, 0.15) is 0 Å². The van der Waals surface area contributed by atoms with Gasteiger partial charge in [-0.05, 0) is 12.8 Å². The maximum atomic E-state index is 9.22. The number of likely N-dealkylation sites (tertiary alicyclic amines) is 1. The minimum absolute atomic E-state index is 0.101. The molecule has 3 nitrogen and oxygen atoms in total. The Bertz CT molecular complexity index is 119. The number of β-amino-alcohol motifs (C(OH)–C–C–N with tert-alkyl or cyclic N) is 1. The number of hydrogen-bond acceptors (Lipinski definition) is 3. The Hall–Kier alpha value is -0.120. The van der Waals surface area contributed by atoms with Crippen molar-refractivity contribution in [2.75, 3.05) is 32.8 Å². The fraction of sp³-hybridized carbons (Fsp3) is 1.00. The van der Waals surface area contributed by atoms with Crippen LogP contribution in [-0.4, -0.2) is 49.0 Å². The molecule has 1 aliphatic rings. The molecule has 0 spiro atoms. The molecule has 0 amide bonds. The van der Waals surface area contributed by atoms with E-state index in [9.17, 15) is 5.11 Å². The number of nitrogens with zero attached hydrogens (tertiary/aromatic N) is 1. The number of rotatable bonds is 5. The summed E-state index contributed by atoms with van der Waals surface area (Å²) in [5.74, 6) is 0. The molecule has 12 heavy (non-hydrogen) atoms. The van der Waals surface area contributed by atoms with Gasteiger partial charge in [-0.15, -0.1) is 0 Å². The van der Waals surface area contributed by atoms with Gasteiger partial charge in [0, 0.05) is 26.2 Å². The molecular formula is C9H19NO2. The molecule has 0 bridgehead atoms. The number of aliphatic hydroxyl groups excluding tert-OH is 1. The molecule has 3 heteroatoms. The van der Waals surface area contributed by atoms with Crippen LogP contribution in [0.25, 0.3) is 0 Å². The van der Waals surface area contributed by atoms with Crippen molar-refractivity contribution < 1.29 is 9.84 Å². The molecule has 1 heterocycles. The van der Waals surface area contributed by atoms with Crippen LogP contribution in [0.4, 0.5) is 0 Å². The third kappa shape index (κ3) is 3.52. The second-order valence-corrected chi connectivity index (χ2v) is 3.36. The van der Waals surface area contributed by atoms with E-state index in [1.165, 1.54) is 0 Å². The van der Waals surface area contributed by atoms with Crippen LogP contribution < -0.4 is 0 Å². The van der Waals surface area contributed by atoms with Crippen molar-refractivity contribution in [1.29, 1.82) is 0 Å². The molecule has 1 atom stereocenters. The molecule has 0 aliphatic carbocycles. The molecule has 0 aromatic carbocycles. The third-order valence-electron chi connectivity index (χ3n) is 2.15. The van der Waals surface area contributed by atoms with Crippen LogP contribution in [-0.2, 0) is 4.74 Å². The highest BCUT2D eigenvalue weighted by molar-refractivity contribution is 4.73. The van der Waals surface area contributed by atoms with Gasteiger partial charge in [-0.1, -0.05) is 6.92 Å². The Labute approximate surface area is 74.3 Å². The van der Waals surface area contributed by atoms with Crippen molar-refractivity contribution in [3.05, 3.63) is 0 Å². The van der Waals surface area contributed by atoms with E-state index in [4.69, 9.17) is 4.74 Å². The monoisotopic (exact) mass is 173 g/mol. The summed E-state index contributed by atoms with van der Waals surface area (Å²) in [5, 5.41) is 9.22. The fourth-order valence-electron chi connectivity index (χ4n) is 1.46. The average Bonchev–Trinajstić information content (AvgIpc) is 2.45. The summed E-state index contributed by atoms with van der Waals surface area (Å²) < 4.78 is 5.36. The molecule has 0 aromatic rings. The van der Waals surface area contributed by atoms with Crippen LogP contribution in [0.1, 0.15) is 19.8 Å². The van der Waals surface area contributed by atoms with Crippen LogP contribution in [0.2, 0.25) is 0 Å². The minimum Gasteiger partial charge on any atom is -0.392 e. The highest BCUT2D eigenvalue weighted by atomic mass is 16.5. The van der Waals surface area contributed by atoms with Gasteiger partial charge in [-0.25, -0.2) is 0 Å². The van der Waals surface area contributed by atoms with Crippen LogP contribution in [0.15, 0.2) is 0 Å². The average molecular weight is 173 g/mol. The zero-order chi connectivity index (χ0) is 8.81. The van der Waals surface area contributed by atoms with E-state index in [0.717, 1.165) is 45.7 Å². The molecule has 1 N–H and O–H groups in total. The highest BCUT2D eigenvalue weighted by Gasteiger charge is 2.18. The normalized spacial score (nSPS) is 25.0. The Morgan fingerprint density at radius 1 is 1.50 bits per heavy atom.